The lowest BCUT2D eigenvalue weighted by Gasteiger charge is -2.14. The van der Waals surface area contributed by atoms with Crippen molar-refractivity contribution in [1.29, 1.82) is 0 Å². The highest BCUT2D eigenvalue weighted by Gasteiger charge is 2.21. The fraction of sp³-hybridized carbons (Fsp3) is 0. The molecule has 3 aromatic heterocycles. The summed E-state index contributed by atoms with van der Waals surface area (Å²) >= 11 is 1.86. The summed E-state index contributed by atoms with van der Waals surface area (Å²) in [6, 6.07) is 45.1. The number of rotatable bonds is 2. The highest BCUT2D eigenvalue weighted by molar-refractivity contribution is 7.26. The molecule has 0 aliphatic rings. The molecule has 40 heavy (non-hydrogen) atoms. The molecule has 9 rings (SSSR count). The molecule has 0 radical (unpaired) electrons. The fourth-order valence-corrected chi connectivity index (χ4v) is 7.37. The van der Waals surface area contributed by atoms with Crippen molar-refractivity contribution in [1.82, 2.24) is 14.5 Å². The van der Waals surface area contributed by atoms with E-state index in [-0.39, 0.29) is 0 Å². The maximum absolute atomic E-state index is 5.31. The third-order valence-corrected chi connectivity index (χ3v) is 9.12. The zero-order valence-electron chi connectivity index (χ0n) is 21.4. The summed E-state index contributed by atoms with van der Waals surface area (Å²) in [5.41, 5.74) is 5.99. The summed E-state index contributed by atoms with van der Waals surface area (Å²) in [6.07, 6.45) is 0. The molecule has 0 aliphatic carbocycles. The fourth-order valence-electron chi connectivity index (χ4n) is 6.24. The van der Waals surface area contributed by atoms with E-state index in [2.05, 4.69) is 102 Å². The summed E-state index contributed by atoms with van der Waals surface area (Å²) in [7, 11) is 0. The second-order valence-electron chi connectivity index (χ2n) is 10.2. The number of fused-ring (bicyclic) bond motifs is 10. The van der Waals surface area contributed by atoms with Crippen LogP contribution in [0.15, 0.2) is 127 Å². The average Bonchev–Trinajstić information content (AvgIpc) is 3.57. The molecule has 186 valence electrons. The summed E-state index contributed by atoms with van der Waals surface area (Å²) in [5, 5.41) is 7.55. The first kappa shape index (κ1) is 21.8. The van der Waals surface area contributed by atoms with Gasteiger partial charge in [0.2, 0.25) is 0 Å². The molecule has 0 amide bonds. The molecule has 0 bridgehead atoms. The average molecular weight is 528 g/mol. The van der Waals surface area contributed by atoms with E-state index in [1.807, 2.05) is 41.7 Å². The molecule has 3 nitrogen and oxygen atoms in total. The van der Waals surface area contributed by atoms with Gasteiger partial charge in [-0.1, -0.05) is 97.1 Å². The molecule has 6 aromatic carbocycles. The largest absolute Gasteiger partial charge is 0.291 e. The minimum Gasteiger partial charge on any atom is -0.291 e. The predicted octanol–water partition coefficient (Wildman–Crippen LogP) is 9.91. The van der Waals surface area contributed by atoms with Gasteiger partial charge in [-0.05, 0) is 35.7 Å². The first-order chi connectivity index (χ1) is 19.8. The van der Waals surface area contributed by atoms with Crippen LogP contribution in [0.2, 0.25) is 0 Å². The molecular formula is C36H21N3S. The molecule has 0 spiro atoms. The van der Waals surface area contributed by atoms with E-state index in [4.69, 9.17) is 9.97 Å². The van der Waals surface area contributed by atoms with Gasteiger partial charge in [0.05, 0.1) is 22.1 Å². The molecule has 9 aromatic rings. The quantitative estimate of drug-likeness (QED) is 0.224. The standard InChI is InChI=1S/C36H21N3S/c1-2-10-22(11-3-1)34-36(38-29-15-7-6-14-28(29)37-34)39-30-16-8-4-12-23(30)25-19-18-24-26(35(25)39)20-21-32-33(24)27-13-5-9-17-31(27)40-32/h1-21H. The monoisotopic (exact) mass is 527 g/mol. The van der Waals surface area contributed by atoms with Crippen LogP contribution in [-0.2, 0) is 0 Å². The lowest BCUT2D eigenvalue weighted by molar-refractivity contribution is 1.08. The lowest BCUT2D eigenvalue weighted by Crippen LogP contribution is -2.04. The summed E-state index contributed by atoms with van der Waals surface area (Å²) in [4.78, 5) is 10.5. The Morgan fingerprint density at radius 2 is 1.12 bits per heavy atom. The van der Waals surface area contributed by atoms with Gasteiger partial charge in [-0.3, -0.25) is 4.57 Å². The topological polar surface area (TPSA) is 30.7 Å². The maximum Gasteiger partial charge on any atom is 0.165 e. The highest BCUT2D eigenvalue weighted by Crippen LogP contribution is 2.43. The summed E-state index contributed by atoms with van der Waals surface area (Å²) in [6.45, 7) is 0. The Morgan fingerprint density at radius 3 is 2.00 bits per heavy atom. The Kier molecular flexibility index (Phi) is 4.48. The number of aromatic nitrogens is 3. The zero-order chi connectivity index (χ0) is 26.2. The van der Waals surface area contributed by atoms with Gasteiger partial charge in [-0.25, -0.2) is 9.97 Å². The summed E-state index contributed by atoms with van der Waals surface area (Å²) in [5.74, 6) is 0.846. The maximum atomic E-state index is 5.31. The van der Waals surface area contributed by atoms with Gasteiger partial charge < -0.3 is 0 Å². The number of hydrogen-bond acceptors (Lipinski definition) is 3. The van der Waals surface area contributed by atoms with Crippen LogP contribution in [0.1, 0.15) is 0 Å². The van der Waals surface area contributed by atoms with Crippen LogP contribution in [-0.4, -0.2) is 14.5 Å². The van der Waals surface area contributed by atoms with Crippen LogP contribution in [0.5, 0.6) is 0 Å². The van der Waals surface area contributed by atoms with Crippen molar-refractivity contribution in [2.75, 3.05) is 0 Å². The third-order valence-electron chi connectivity index (χ3n) is 7.98. The molecule has 4 heteroatoms. The second-order valence-corrected chi connectivity index (χ2v) is 11.3. The van der Waals surface area contributed by atoms with Crippen molar-refractivity contribution in [3.8, 4) is 17.1 Å². The first-order valence-electron chi connectivity index (χ1n) is 13.4. The van der Waals surface area contributed by atoms with Crippen LogP contribution in [0.25, 0.3) is 80.9 Å². The van der Waals surface area contributed by atoms with Crippen LogP contribution in [0.4, 0.5) is 0 Å². The lowest BCUT2D eigenvalue weighted by atomic mass is 10.0. The number of nitrogens with zero attached hydrogens (tertiary/aromatic N) is 3. The molecule has 0 aliphatic heterocycles. The van der Waals surface area contributed by atoms with E-state index in [1.54, 1.807) is 0 Å². The van der Waals surface area contributed by atoms with Crippen LogP contribution >= 0.6 is 11.3 Å². The second kappa shape index (κ2) is 8.22. The Hall–Kier alpha value is -5.06. The van der Waals surface area contributed by atoms with E-state index >= 15 is 0 Å². The van der Waals surface area contributed by atoms with Crippen molar-refractivity contribution in [2.24, 2.45) is 0 Å². The molecule has 0 fully saturated rings. The van der Waals surface area contributed by atoms with Gasteiger partial charge in [0.25, 0.3) is 0 Å². The van der Waals surface area contributed by atoms with E-state index in [0.717, 1.165) is 39.1 Å². The Balaban J connectivity index is 1.51. The molecular weight excluding hydrogens is 506 g/mol. The third kappa shape index (κ3) is 2.99. The van der Waals surface area contributed by atoms with Crippen LogP contribution in [0.3, 0.4) is 0 Å². The van der Waals surface area contributed by atoms with Crippen molar-refractivity contribution in [2.45, 2.75) is 0 Å². The summed E-state index contributed by atoms with van der Waals surface area (Å²) < 4.78 is 4.97. The zero-order valence-corrected chi connectivity index (χ0v) is 22.2. The van der Waals surface area contributed by atoms with E-state index in [9.17, 15) is 0 Å². The SMILES string of the molecule is c1ccc(-c2nc3ccccc3nc2-n2c3ccccc3c3ccc4c(ccc5sc6ccccc6c54)c32)cc1. The van der Waals surface area contributed by atoms with Crippen molar-refractivity contribution >= 4 is 75.1 Å². The van der Waals surface area contributed by atoms with Gasteiger partial charge >= 0.3 is 0 Å². The highest BCUT2D eigenvalue weighted by atomic mass is 32.1. The minimum atomic E-state index is 0.846. The van der Waals surface area contributed by atoms with Gasteiger partial charge in [0.1, 0.15) is 5.69 Å². The first-order valence-corrected chi connectivity index (χ1v) is 14.3. The number of para-hydroxylation sites is 3. The normalized spacial score (nSPS) is 12.0. The number of benzene rings is 6. The smallest absolute Gasteiger partial charge is 0.165 e. The van der Waals surface area contributed by atoms with Gasteiger partial charge in [-0.15, -0.1) is 11.3 Å². The van der Waals surface area contributed by atoms with E-state index in [0.29, 0.717) is 0 Å². The Bertz CT molecular complexity index is 2430. The Morgan fingerprint density at radius 1 is 0.475 bits per heavy atom. The van der Waals surface area contributed by atoms with E-state index in [1.165, 1.54) is 41.7 Å². The molecule has 0 unspecified atom stereocenters. The van der Waals surface area contributed by atoms with Gasteiger partial charge in [0.15, 0.2) is 5.82 Å². The number of thiophene rings is 1. The van der Waals surface area contributed by atoms with Crippen LogP contribution in [0, 0.1) is 0 Å². The van der Waals surface area contributed by atoms with Gasteiger partial charge in [0, 0.05) is 41.9 Å². The molecule has 0 atom stereocenters. The number of hydrogen-bond donors (Lipinski definition) is 0. The predicted molar refractivity (Wildman–Crippen MR) is 170 cm³/mol. The molecule has 0 saturated heterocycles. The van der Waals surface area contributed by atoms with Crippen LogP contribution < -0.4 is 0 Å². The molecule has 0 saturated carbocycles. The van der Waals surface area contributed by atoms with Gasteiger partial charge in [-0.2, -0.15) is 0 Å². The van der Waals surface area contributed by atoms with Crippen molar-refractivity contribution in [3.05, 3.63) is 127 Å². The van der Waals surface area contributed by atoms with Crippen molar-refractivity contribution < 1.29 is 0 Å². The Labute approximate surface area is 233 Å². The minimum absolute atomic E-state index is 0.846. The molecule has 0 N–H and O–H groups in total. The van der Waals surface area contributed by atoms with E-state index < -0.39 is 0 Å². The molecule has 3 heterocycles. The van der Waals surface area contributed by atoms with Crippen molar-refractivity contribution in [3.63, 3.8) is 0 Å².